The fourth-order valence-electron chi connectivity index (χ4n) is 2.03. The average molecular weight is 244 g/mol. The highest BCUT2D eigenvalue weighted by Crippen LogP contribution is 2.18. The third kappa shape index (κ3) is 1.97. The van der Waals surface area contributed by atoms with Crippen molar-refractivity contribution < 1.29 is 8.78 Å². The van der Waals surface area contributed by atoms with Gasteiger partial charge in [-0.15, -0.1) is 0 Å². The molecule has 0 aliphatic heterocycles. The SMILES string of the molecule is Fc1cncc(Cn2ccc3ccc(F)cc32)c1. The molecule has 0 N–H and O–H groups in total. The highest BCUT2D eigenvalue weighted by atomic mass is 19.1. The number of aromatic nitrogens is 2. The van der Waals surface area contributed by atoms with E-state index in [9.17, 15) is 8.78 Å². The molecule has 0 aliphatic carbocycles. The number of rotatable bonds is 2. The van der Waals surface area contributed by atoms with Gasteiger partial charge in [-0.05, 0) is 41.3 Å². The topological polar surface area (TPSA) is 17.8 Å². The summed E-state index contributed by atoms with van der Waals surface area (Å²) in [6.07, 6.45) is 4.63. The lowest BCUT2D eigenvalue weighted by Gasteiger charge is -2.05. The van der Waals surface area contributed by atoms with Gasteiger partial charge in [0.2, 0.25) is 0 Å². The van der Waals surface area contributed by atoms with Gasteiger partial charge in [0, 0.05) is 18.9 Å². The van der Waals surface area contributed by atoms with Crippen molar-refractivity contribution in [1.29, 1.82) is 0 Å². The molecular weight excluding hydrogens is 234 g/mol. The standard InChI is InChI=1S/C14H10F2N2/c15-12-2-1-11-3-4-18(14(11)6-12)9-10-5-13(16)8-17-7-10/h1-8H,9H2. The summed E-state index contributed by atoms with van der Waals surface area (Å²) in [5.41, 5.74) is 1.54. The molecule has 2 nitrogen and oxygen atoms in total. The Morgan fingerprint density at radius 1 is 1.00 bits per heavy atom. The van der Waals surface area contributed by atoms with Crippen LogP contribution < -0.4 is 0 Å². The Balaban J connectivity index is 2.02. The molecule has 0 aliphatic rings. The molecule has 3 rings (SSSR count). The summed E-state index contributed by atoms with van der Waals surface area (Å²) in [7, 11) is 0. The molecule has 4 heteroatoms. The van der Waals surface area contributed by atoms with E-state index in [0.29, 0.717) is 6.54 Å². The van der Waals surface area contributed by atoms with E-state index in [-0.39, 0.29) is 11.6 Å². The number of benzene rings is 1. The van der Waals surface area contributed by atoms with Gasteiger partial charge in [-0.2, -0.15) is 0 Å². The van der Waals surface area contributed by atoms with Crippen LogP contribution in [0.5, 0.6) is 0 Å². The lowest BCUT2D eigenvalue weighted by atomic mass is 10.2. The predicted molar refractivity (Wildman–Crippen MR) is 65.2 cm³/mol. The largest absolute Gasteiger partial charge is 0.343 e. The molecule has 1 aromatic carbocycles. The zero-order valence-electron chi connectivity index (χ0n) is 9.48. The lowest BCUT2D eigenvalue weighted by Crippen LogP contribution is -1.99. The first-order valence-corrected chi connectivity index (χ1v) is 5.56. The Morgan fingerprint density at radius 2 is 1.89 bits per heavy atom. The van der Waals surface area contributed by atoms with Gasteiger partial charge in [-0.25, -0.2) is 8.78 Å². The Hall–Kier alpha value is -2.23. The van der Waals surface area contributed by atoms with Gasteiger partial charge in [-0.1, -0.05) is 0 Å². The van der Waals surface area contributed by atoms with Gasteiger partial charge in [-0.3, -0.25) is 4.98 Å². The van der Waals surface area contributed by atoms with Crippen LogP contribution in [0, 0.1) is 11.6 Å². The van der Waals surface area contributed by atoms with E-state index in [2.05, 4.69) is 4.98 Å². The van der Waals surface area contributed by atoms with Crippen LogP contribution in [0.4, 0.5) is 8.78 Å². The minimum Gasteiger partial charge on any atom is -0.343 e. The monoisotopic (exact) mass is 244 g/mol. The summed E-state index contributed by atoms with van der Waals surface area (Å²) in [4.78, 5) is 3.80. The van der Waals surface area contributed by atoms with Crippen molar-refractivity contribution in [2.45, 2.75) is 6.54 Å². The number of hydrogen-bond donors (Lipinski definition) is 0. The molecule has 2 aromatic heterocycles. The molecule has 18 heavy (non-hydrogen) atoms. The second-order valence-corrected chi connectivity index (χ2v) is 4.16. The molecule has 0 saturated heterocycles. The Morgan fingerprint density at radius 3 is 2.72 bits per heavy atom. The van der Waals surface area contributed by atoms with Gasteiger partial charge >= 0.3 is 0 Å². The zero-order valence-corrected chi connectivity index (χ0v) is 9.48. The summed E-state index contributed by atoms with van der Waals surface area (Å²) < 4.78 is 28.1. The zero-order chi connectivity index (χ0) is 12.5. The third-order valence-corrected chi connectivity index (χ3v) is 2.85. The highest BCUT2D eigenvalue weighted by molar-refractivity contribution is 5.80. The molecule has 2 heterocycles. The fraction of sp³-hybridized carbons (Fsp3) is 0.0714. The van der Waals surface area contributed by atoms with E-state index in [1.54, 1.807) is 12.3 Å². The second kappa shape index (κ2) is 4.22. The summed E-state index contributed by atoms with van der Waals surface area (Å²) in [5.74, 6) is -0.644. The molecular formula is C14H10F2N2. The fourth-order valence-corrected chi connectivity index (χ4v) is 2.03. The van der Waals surface area contributed by atoms with Crippen molar-refractivity contribution in [2.75, 3.05) is 0 Å². The summed E-state index contributed by atoms with van der Waals surface area (Å²) in [5, 5.41) is 0.959. The van der Waals surface area contributed by atoms with Crippen LogP contribution in [0.2, 0.25) is 0 Å². The first-order chi connectivity index (χ1) is 8.72. The first kappa shape index (κ1) is 10.9. The number of fused-ring (bicyclic) bond motifs is 1. The van der Waals surface area contributed by atoms with Crippen molar-refractivity contribution in [2.24, 2.45) is 0 Å². The van der Waals surface area contributed by atoms with Crippen LogP contribution in [0.25, 0.3) is 10.9 Å². The van der Waals surface area contributed by atoms with E-state index in [0.717, 1.165) is 22.7 Å². The van der Waals surface area contributed by atoms with Gasteiger partial charge in [0.1, 0.15) is 11.6 Å². The minimum absolute atomic E-state index is 0.278. The highest BCUT2D eigenvalue weighted by Gasteiger charge is 2.04. The van der Waals surface area contributed by atoms with Crippen molar-refractivity contribution >= 4 is 10.9 Å². The average Bonchev–Trinajstić information content (AvgIpc) is 2.72. The maximum Gasteiger partial charge on any atom is 0.141 e. The smallest absolute Gasteiger partial charge is 0.141 e. The summed E-state index contributed by atoms with van der Waals surface area (Å²) >= 11 is 0. The number of halogens is 2. The molecule has 0 atom stereocenters. The molecule has 0 amide bonds. The van der Waals surface area contributed by atoms with E-state index in [1.807, 2.05) is 16.8 Å². The Labute approximate surface area is 103 Å². The van der Waals surface area contributed by atoms with Crippen LogP contribution in [0.1, 0.15) is 5.56 Å². The van der Waals surface area contributed by atoms with Crippen molar-refractivity contribution in [1.82, 2.24) is 9.55 Å². The molecule has 0 fully saturated rings. The van der Waals surface area contributed by atoms with Gasteiger partial charge in [0.05, 0.1) is 11.7 Å². The number of hydrogen-bond acceptors (Lipinski definition) is 1. The van der Waals surface area contributed by atoms with Crippen molar-refractivity contribution in [3.8, 4) is 0 Å². The maximum atomic E-state index is 13.2. The Bertz CT molecular complexity index is 704. The predicted octanol–water partition coefficient (Wildman–Crippen LogP) is 3.36. The quantitative estimate of drug-likeness (QED) is 0.675. The number of nitrogens with zero attached hydrogens (tertiary/aromatic N) is 2. The molecule has 0 unspecified atom stereocenters. The van der Waals surface area contributed by atoms with Crippen molar-refractivity contribution in [3.05, 3.63) is 66.1 Å². The van der Waals surface area contributed by atoms with Crippen LogP contribution in [0.15, 0.2) is 48.9 Å². The van der Waals surface area contributed by atoms with Crippen molar-refractivity contribution in [3.63, 3.8) is 0 Å². The number of pyridine rings is 1. The lowest BCUT2D eigenvalue weighted by molar-refractivity contribution is 0.616. The molecule has 0 spiro atoms. The van der Waals surface area contributed by atoms with Gasteiger partial charge in [0.25, 0.3) is 0 Å². The molecule has 90 valence electrons. The first-order valence-electron chi connectivity index (χ1n) is 5.56. The Kier molecular flexibility index (Phi) is 2.55. The van der Waals surface area contributed by atoms with Gasteiger partial charge in [0.15, 0.2) is 0 Å². The van der Waals surface area contributed by atoms with E-state index >= 15 is 0 Å². The van der Waals surface area contributed by atoms with Crippen LogP contribution >= 0.6 is 0 Å². The van der Waals surface area contributed by atoms with Crippen LogP contribution in [-0.4, -0.2) is 9.55 Å². The van der Waals surface area contributed by atoms with E-state index < -0.39 is 0 Å². The van der Waals surface area contributed by atoms with E-state index in [1.165, 1.54) is 18.2 Å². The normalized spacial score (nSPS) is 11.0. The summed E-state index contributed by atoms with van der Waals surface area (Å²) in [6.45, 7) is 0.470. The third-order valence-electron chi connectivity index (χ3n) is 2.85. The molecule has 3 aromatic rings. The molecule has 0 bridgehead atoms. The van der Waals surface area contributed by atoms with Gasteiger partial charge < -0.3 is 4.57 Å². The molecule has 0 radical (unpaired) electrons. The second-order valence-electron chi connectivity index (χ2n) is 4.16. The molecule has 0 saturated carbocycles. The van der Waals surface area contributed by atoms with Crippen LogP contribution in [-0.2, 0) is 6.54 Å². The maximum absolute atomic E-state index is 13.2. The minimum atomic E-state index is -0.366. The van der Waals surface area contributed by atoms with Crippen LogP contribution in [0.3, 0.4) is 0 Å². The summed E-state index contributed by atoms with van der Waals surface area (Å²) in [6, 6.07) is 7.96. The van der Waals surface area contributed by atoms with E-state index in [4.69, 9.17) is 0 Å².